The Morgan fingerprint density at radius 3 is 1.47 bits per heavy atom. The summed E-state index contributed by atoms with van der Waals surface area (Å²) >= 11 is 0. The summed E-state index contributed by atoms with van der Waals surface area (Å²) in [6.45, 7) is 17.3. The SMILES string of the molecule is CCN[Si](NCC)(NCC)NCCC(C)(C)C. The molecule has 0 aliphatic carbocycles. The highest BCUT2D eigenvalue weighted by molar-refractivity contribution is 6.70. The van der Waals surface area contributed by atoms with Crippen LogP contribution < -0.4 is 19.9 Å². The van der Waals surface area contributed by atoms with Crippen LogP contribution in [0.25, 0.3) is 0 Å². The molecule has 0 aromatic heterocycles. The minimum absolute atomic E-state index is 0.387. The second kappa shape index (κ2) is 8.21. The fourth-order valence-corrected chi connectivity index (χ4v) is 4.64. The first-order valence-corrected chi connectivity index (χ1v) is 8.89. The van der Waals surface area contributed by atoms with E-state index < -0.39 is 8.72 Å². The third-order valence-electron chi connectivity index (χ3n) is 2.59. The van der Waals surface area contributed by atoms with Gasteiger partial charge in [-0.05, 0) is 38.0 Å². The molecular formula is C12H32N4Si. The van der Waals surface area contributed by atoms with E-state index >= 15 is 0 Å². The fraction of sp³-hybridized carbons (Fsp3) is 1.00. The maximum absolute atomic E-state index is 3.70. The molecule has 4 nitrogen and oxygen atoms in total. The smallest absolute Gasteiger partial charge is 0.301 e. The first-order chi connectivity index (χ1) is 7.89. The minimum Gasteiger partial charge on any atom is -0.301 e. The van der Waals surface area contributed by atoms with Crippen molar-refractivity contribution in [3.05, 3.63) is 0 Å². The average Bonchev–Trinajstić information content (AvgIpc) is 2.16. The molecule has 0 radical (unpaired) electrons. The van der Waals surface area contributed by atoms with E-state index in [1.807, 2.05) is 0 Å². The predicted molar refractivity (Wildman–Crippen MR) is 78.9 cm³/mol. The highest BCUT2D eigenvalue weighted by atomic mass is 28.4. The monoisotopic (exact) mass is 260 g/mol. The fourth-order valence-electron chi connectivity index (χ4n) is 1.80. The Kier molecular flexibility index (Phi) is 8.24. The zero-order valence-corrected chi connectivity index (χ0v) is 13.5. The summed E-state index contributed by atoms with van der Waals surface area (Å²) in [4.78, 5) is 14.5. The summed E-state index contributed by atoms with van der Waals surface area (Å²) in [7, 11) is -1.90. The van der Waals surface area contributed by atoms with Crippen LogP contribution in [-0.4, -0.2) is 34.9 Å². The van der Waals surface area contributed by atoms with E-state index in [-0.39, 0.29) is 0 Å². The summed E-state index contributed by atoms with van der Waals surface area (Å²) < 4.78 is 0. The Morgan fingerprint density at radius 1 is 0.765 bits per heavy atom. The van der Waals surface area contributed by atoms with Crippen LogP contribution in [0.4, 0.5) is 0 Å². The van der Waals surface area contributed by atoms with Crippen molar-refractivity contribution >= 4 is 8.72 Å². The standard InChI is InChI=1S/C12H32N4Si/c1-7-13-17(14-8-2,15-9-3)16-11-10-12(4,5)6/h13-16H,7-11H2,1-6H3. The molecule has 0 spiro atoms. The molecule has 17 heavy (non-hydrogen) atoms. The lowest BCUT2D eigenvalue weighted by Gasteiger charge is -2.34. The molecule has 0 amide bonds. The molecule has 0 unspecified atom stereocenters. The minimum atomic E-state index is -1.90. The van der Waals surface area contributed by atoms with Gasteiger partial charge in [0.1, 0.15) is 0 Å². The van der Waals surface area contributed by atoms with Crippen LogP contribution in [0.1, 0.15) is 48.0 Å². The zero-order valence-electron chi connectivity index (χ0n) is 12.5. The van der Waals surface area contributed by atoms with Crippen molar-refractivity contribution in [2.75, 3.05) is 26.2 Å². The molecule has 0 heterocycles. The van der Waals surface area contributed by atoms with Crippen LogP contribution in [-0.2, 0) is 0 Å². The van der Waals surface area contributed by atoms with Gasteiger partial charge in [0.05, 0.1) is 0 Å². The molecule has 0 atom stereocenters. The van der Waals surface area contributed by atoms with Crippen LogP contribution in [0.15, 0.2) is 0 Å². The number of nitrogens with one attached hydrogen (secondary N) is 4. The molecule has 0 fully saturated rings. The summed E-state index contributed by atoms with van der Waals surface area (Å²) in [5, 5.41) is 0. The molecule has 0 saturated heterocycles. The first kappa shape index (κ1) is 17.1. The highest BCUT2D eigenvalue weighted by Gasteiger charge is 2.32. The molecule has 0 aromatic rings. The van der Waals surface area contributed by atoms with Crippen molar-refractivity contribution in [1.82, 2.24) is 19.9 Å². The topological polar surface area (TPSA) is 48.1 Å². The van der Waals surface area contributed by atoms with Gasteiger partial charge in [0.15, 0.2) is 0 Å². The van der Waals surface area contributed by atoms with E-state index in [4.69, 9.17) is 0 Å². The summed E-state index contributed by atoms with van der Waals surface area (Å²) in [5.41, 5.74) is 0.387. The van der Waals surface area contributed by atoms with Crippen molar-refractivity contribution in [2.24, 2.45) is 5.41 Å². The van der Waals surface area contributed by atoms with Crippen molar-refractivity contribution in [3.8, 4) is 0 Å². The number of hydrogen-bond donors (Lipinski definition) is 4. The Balaban J connectivity index is 4.33. The van der Waals surface area contributed by atoms with Gasteiger partial charge >= 0.3 is 8.72 Å². The maximum atomic E-state index is 3.70. The number of hydrogen-bond acceptors (Lipinski definition) is 4. The van der Waals surface area contributed by atoms with Gasteiger partial charge in [0.25, 0.3) is 0 Å². The Morgan fingerprint density at radius 2 is 1.18 bits per heavy atom. The van der Waals surface area contributed by atoms with Crippen LogP contribution >= 0.6 is 0 Å². The number of rotatable bonds is 9. The normalized spacial score (nSPS) is 13.1. The van der Waals surface area contributed by atoms with E-state index in [0.29, 0.717) is 5.41 Å². The molecule has 4 N–H and O–H groups in total. The van der Waals surface area contributed by atoms with E-state index in [9.17, 15) is 0 Å². The van der Waals surface area contributed by atoms with Crippen LogP contribution in [0, 0.1) is 5.41 Å². The molecule has 0 bridgehead atoms. The van der Waals surface area contributed by atoms with Crippen molar-refractivity contribution in [3.63, 3.8) is 0 Å². The molecule has 0 aliphatic rings. The van der Waals surface area contributed by atoms with E-state index in [0.717, 1.165) is 26.2 Å². The lowest BCUT2D eigenvalue weighted by Crippen LogP contribution is -2.80. The van der Waals surface area contributed by atoms with Crippen LogP contribution in [0.5, 0.6) is 0 Å². The lowest BCUT2D eigenvalue weighted by molar-refractivity contribution is 0.376. The van der Waals surface area contributed by atoms with Gasteiger partial charge in [-0.1, -0.05) is 41.5 Å². The molecule has 0 saturated carbocycles. The van der Waals surface area contributed by atoms with Crippen molar-refractivity contribution in [1.29, 1.82) is 0 Å². The first-order valence-electron chi connectivity index (χ1n) is 6.89. The van der Waals surface area contributed by atoms with Crippen molar-refractivity contribution < 1.29 is 0 Å². The zero-order chi connectivity index (χ0) is 13.4. The van der Waals surface area contributed by atoms with Crippen LogP contribution in [0.3, 0.4) is 0 Å². The van der Waals surface area contributed by atoms with Gasteiger partial charge in [-0.25, -0.2) is 0 Å². The van der Waals surface area contributed by atoms with E-state index in [1.54, 1.807) is 0 Å². The van der Waals surface area contributed by atoms with Gasteiger partial charge in [-0.2, -0.15) is 0 Å². The predicted octanol–water partition coefficient (Wildman–Crippen LogP) is 1.28. The molecule has 104 valence electrons. The maximum Gasteiger partial charge on any atom is 0.365 e. The Hall–Kier alpha value is 0.0569. The van der Waals surface area contributed by atoms with Crippen LogP contribution in [0.2, 0.25) is 0 Å². The van der Waals surface area contributed by atoms with Gasteiger partial charge in [-0.3, -0.25) is 0 Å². The highest BCUT2D eigenvalue weighted by Crippen LogP contribution is 2.17. The summed E-state index contributed by atoms with van der Waals surface area (Å²) in [6.07, 6.45) is 1.18. The Bertz CT molecular complexity index is 174. The molecule has 0 aliphatic heterocycles. The summed E-state index contributed by atoms with van der Waals surface area (Å²) in [6, 6.07) is 0. The van der Waals surface area contributed by atoms with Gasteiger partial charge in [-0.15, -0.1) is 0 Å². The summed E-state index contributed by atoms with van der Waals surface area (Å²) in [5.74, 6) is 0. The molecule has 0 rings (SSSR count). The second-order valence-corrected chi connectivity index (χ2v) is 8.49. The van der Waals surface area contributed by atoms with E-state index in [1.165, 1.54) is 6.42 Å². The molecule has 0 aromatic carbocycles. The average molecular weight is 261 g/mol. The molecular weight excluding hydrogens is 228 g/mol. The third kappa shape index (κ3) is 7.89. The second-order valence-electron chi connectivity index (χ2n) is 5.58. The lowest BCUT2D eigenvalue weighted by atomic mass is 9.93. The van der Waals surface area contributed by atoms with E-state index in [2.05, 4.69) is 61.5 Å². The van der Waals surface area contributed by atoms with Gasteiger partial charge < -0.3 is 19.9 Å². The largest absolute Gasteiger partial charge is 0.365 e. The van der Waals surface area contributed by atoms with Crippen molar-refractivity contribution in [2.45, 2.75) is 48.0 Å². The third-order valence-corrected chi connectivity index (χ3v) is 6.02. The van der Waals surface area contributed by atoms with Gasteiger partial charge in [0.2, 0.25) is 0 Å². The molecule has 5 heteroatoms. The quantitative estimate of drug-likeness (QED) is 0.472. The Labute approximate surface area is 109 Å². The van der Waals surface area contributed by atoms with Gasteiger partial charge in [0, 0.05) is 0 Å².